The number of sulfone groups is 1. The number of carbonyl (C=O) groups is 2. The number of rotatable bonds is 4. The standard InChI is InChI=1S/C18H23NO5S/c1-11-7-12(2)9-13(8-11)15(17(21)22)19-16(20)14-10-18(14)3-5-25(23,24)6-4-18/h7-9,14-15H,3-6,10H2,1-2H3,(H,19,20)(H,21,22). The number of hydrogen-bond donors (Lipinski definition) is 2. The van der Waals surface area contributed by atoms with Gasteiger partial charge < -0.3 is 10.4 Å². The van der Waals surface area contributed by atoms with Crippen LogP contribution in [0.5, 0.6) is 0 Å². The minimum absolute atomic E-state index is 0.121. The van der Waals surface area contributed by atoms with Gasteiger partial charge in [-0.3, -0.25) is 4.79 Å². The molecule has 136 valence electrons. The Hall–Kier alpha value is -1.89. The van der Waals surface area contributed by atoms with Crippen molar-refractivity contribution in [3.8, 4) is 0 Å². The van der Waals surface area contributed by atoms with Crippen molar-refractivity contribution in [3.05, 3.63) is 34.9 Å². The Morgan fingerprint density at radius 3 is 2.24 bits per heavy atom. The molecule has 1 amide bonds. The van der Waals surface area contributed by atoms with Crippen LogP contribution in [0.2, 0.25) is 0 Å². The fourth-order valence-electron chi connectivity index (χ4n) is 3.92. The molecule has 1 saturated carbocycles. The van der Waals surface area contributed by atoms with Crippen LogP contribution in [0.15, 0.2) is 18.2 Å². The van der Waals surface area contributed by atoms with Crippen LogP contribution in [0.4, 0.5) is 0 Å². The fraction of sp³-hybridized carbons (Fsp3) is 0.556. The van der Waals surface area contributed by atoms with Crippen molar-refractivity contribution in [1.29, 1.82) is 0 Å². The SMILES string of the molecule is Cc1cc(C)cc(C(NC(=O)C2CC23CCS(=O)(=O)CC3)C(=O)O)c1. The lowest BCUT2D eigenvalue weighted by molar-refractivity contribution is -0.142. The van der Waals surface area contributed by atoms with Gasteiger partial charge in [-0.2, -0.15) is 0 Å². The molecule has 25 heavy (non-hydrogen) atoms. The summed E-state index contributed by atoms with van der Waals surface area (Å²) in [6.45, 7) is 3.77. The van der Waals surface area contributed by atoms with Gasteiger partial charge in [0.25, 0.3) is 0 Å². The third kappa shape index (κ3) is 3.71. The Balaban J connectivity index is 1.72. The van der Waals surface area contributed by atoms with Crippen molar-refractivity contribution in [3.63, 3.8) is 0 Å². The topological polar surface area (TPSA) is 101 Å². The smallest absolute Gasteiger partial charge is 0.330 e. The predicted octanol–water partition coefficient (Wildman–Crippen LogP) is 1.76. The van der Waals surface area contributed by atoms with Crippen molar-refractivity contribution < 1.29 is 23.1 Å². The minimum Gasteiger partial charge on any atom is -0.479 e. The van der Waals surface area contributed by atoms with Crippen molar-refractivity contribution in [1.82, 2.24) is 5.32 Å². The molecule has 1 aromatic rings. The van der Waals surface area contributed by atoms with Crippen LogP contribution in [0.25, 0.3) is 0 Å². The van der Waals surface area contributed by atoms with Gasteiger partial charge >= 0.3 is 5.97 Å². The maximum Gasteiger partial charge on any atom is 0.330 e. The molecule has 1 aliphatic heterocycles. The highest BCUT2D eigenvalue weighted by Crippen LogP contribution is 2.59. The van der Waals surface area contributed by atoms with E-state index in [1.54, 1.807) is 12.1 Å². The van der Waals surface area contributed by atoms with E-state index in [0.29, 0.717) is 24.8 Å². The average Bonchev–Trinajstić information content (AvgIpc) is 3.21. The van der Waals surface area contributed by atoms with Crippen molar-refractivity contribution >= 4 is 21.7 Å². The first-order chi connectivity index (χ1) is 11.6. The van der Waals surface area contributed by atoms with Gasteiger partial charge in [-0.15, -0.1) is 0 Å². The third-order valence-corrected chi connectivity index (χ3v) is 7.09. The first-order valence-electron chi connectivity index (χ1n) is 8.44. The molecule has 2 aliphatic rings. The Morgan fingerprint density at radius 1 is 1.16 bits per heavy atom. The molecule has 1 aromatic carbocycles. The minimum atomic E-state index is -2.98. The molecule has 1 saturated heterocycles. The number of amides is 1. The van der Waals surface area contributed by atoms with Crippen LogP contribution in [0.3, 0.4) is 0 Å². The first-order valence-corrected chi connectivity index (χ1v) is 10.3. The number of carbonyl (C=O) groups excluding carboxylic acids is 1. The van der Waals surface area contributed by atoms with Gasteiger partial charge in [0.2, 0.25) is 5.91 Å². The van der Waals surface area contributed by atoms with E-state index in [0.717, 1.165) is 11.1 Å². The molecule has 0 radical (unpaired) electrons. The van der Waals surface area contributed by atoms with Gasteiger partial charge in [-0.25, -0.2) is 13.2 Å². The molecule has 2 unspecified atom stereocenters. The third-order valence-electron chi connectivity index (χ3n) is 5.44. The Morgan fingerprint density at radius 2 is 1.72 bits per heavy atom. The van der Waals surface area contributed by atoms with Crippen LogP contribution >= 0.6 is 0 Å². The molecule has 3 rings (SSSR count). The number of aryl methyl sites for hydroxylation is 2. The highest BCUT2D eigenvalue weighted by atomic mass is 32.2. The number of hydrogen-bond acceptors (Lipinski definition) is 4. The summed E-state index contributed by atoms with van der Waals surface area (Å²) in [5.41, 5.74) is 2.19. The Bertz CT molecular complexity index is 796. The molecule has 1 spiro atoms. The van der Waals surface area contributed by atoms with E-state index < -0.39 is 21.8 Å². The maximum atomic E-state index is 12.6. The summed E-state index contributed by atoms with van der Waals surface area (Å²) in [5.74, 6) is -1.42. The number of benzene rings is 1. The van der Waals surface area contributed by atoms with Crippen molar-refractivity contribution in [2.75, 3.05) is 11.5 Å². The van der Waals surface area contributed by atoms with Crippen molar-refractivity contribution in [2.24, 2.45) is 11.3 Å². The second-order valence-corrected chi connectivity index (χ2v) is 9.78. The largest absolute Gasteiger partial charge is 0.479 e. The van der Waals surface area contributed by atoms with E-state index in [9.17, 15) is 23.1 Å². The van der Waals surface area contributed by atoms with Crippen LogP contribution < -0.4 is 5.32 Å². The molecule has 1 heterocycles. The van der Waals surface area contributed by atoms with E-state index >= 15 is 0 Å². The second-order valence-electron chi connectivity index (χ2n) is 7.47. The number of carboxylic acid groups (broad SMARTS) is 1. The second kappa shape index (κ2) is 6.12. The zero-order valence-corrected chi connectivity index (χ0v) is 15.2. The highest BCUT2D eigenvalue weighted by molar-refractivity contribution is 7.91. The average molecular weight is 365 g/mol. The number of aliphatic carboxylic acids is 1. The fourth-order valence-corrected chi connectivity index (χ4v) is 5.56. The summed E-state index contributed by atoms with van der Waals surface area (Å²) in [4.78, 5) is 24.2. The van der Waals surface area contributed by atoms with Crippen LogP contribution in [-0.2, 0) is 19.4 Å². The lowest BCUT2D eigenvalue weighted by atomic mass is 9.95. The first kappa shape index (κ1) is 17.9. The van der Waals surface area contributed by atoms with Gasteiger partial charge in [0.15, 0.2) is 6.04 Å². The van der Waals surface area contributed by atoms with E-state index in [1.807, 2.05) is 19.9 Å². The van der Waals surface area contributed by atoms with Gasteiger partial charge in [0, 0.05) is 5.92 Å². The normalized spacial score (nSPS) is 24.5. The van der Waals surface area contributed by atoms with Crippen LogP contribution in [0, 0.1) is 25.2 Å². The van der Waals surface area contributed by atoms with E-state index in [1.165, 1.54) is 0 Å². The van der Waals surface area contributed by atoms with Gasteiger partial charge in [0.05, 0.1) is 11.5 Å². The maximum absolute atomic E-state index is 12.6. The zero-order valence-electron chi connectivity index (χ0n) is 14.4. The summed E-state index contributed by atoms with van der Waals surface area (Å²) in [5, 5.41) is 12.2. The predicted molar refractivity (Wildman–Crippen MR) is 92.9 cm³/mol. The van der Waals surface area contributed by atoms with Crippen LogP contribution in [-0.4, -0.2) is 36.9 Å². The molecule has 2 fully saturated rings. The molecule has 2 atom stereocenters. The quantitative estimate of drug-likeness (QED) is 0.847. The van der Waals surface area contributed by atoms with E-state index in [4.69, 9.17) is 0 Å². The molecular weight excluding hydrogens is 342 g/mol. The lowest BCUT2D eigenvalue weighted by Crippen LogP contribution is -2.37. The molecule has 2 N–H and O–H groups in total. The van der Waals surface area contributed by atoms with Gasteiger partial charge in [0.1, 0.15) is 9.84 Å². The summed E-state index contributed by atoms with van der Waals surface area (Å²) in [6, 6.07) is 4.39. The van der Waals surface area contributed by atoms with E-state index in [-0.39, 0.29) is 28.7 Å². The van der Waals surface area contributed by atoms with Crippen molar-refractivity contribution in [2.45, 2.75) is 39.2 Å². The monoisotopic (exact) mass is 365 g/mol. The number of nitrogens with one attached hydrogen (secondary N) is 1. The zero-order chi connectivity index (χ0) is 18.4. The summed E-state index contributed by atoms with van der Waals surface area (Å²) in [7, 11) is -2.98. The Labute approximate surface area is 147 Å². The summed E-state index contributed by atoms with van der Waals surface area (Å²) < 4.78 is 23.2. The molecule has 0 bridgehead atoms. The van der Waals surface area contributed by atoms with Gasteiger partial charge in [-0.1, -0.05) is 29.3 Å². The molecule has 0 aromatic heterocycles. The highest BCUT2D eigenvalue weighted by Gasteiger charge is 2.59. The van der Waals surface area contributed by atoms with Crippen LogP contribution in [0.1, 0.15) is 42.0 Å². The lowest BCUT2D eigenvalue weighted by Gasteiger charge is -2.23. The summed E-state index contributed by atoms with van der Waals surface area (Å²) in [6.07, 6.45) is 1.64. The van der Waals surface area contributed by atoms with E-state index in [2.05, 4.69) is 5.32 Å². The van der Waals surface area contributed by atoms with Gasteiger partial charge in [-0.05, 0) is 44.1 Å². The number of carboxylic acids is 1. The summed E-state index contributed by atoms with van der Waals surface area (Å²) >= 11 is 0. The Kier molecular flexibility index (Phi) is 4.39. The molecule has 7 heteroatoms. The molecular formula is C18H23NO5S. The molecule has 6 nitrogen and oxygen atoms in total. The molecule has 1 aliphatic carbocycles.